The van der Waals surface area contributed by atoms with Crippen LogP contribution in [0, 0.1) is 0 Å². The minimum Gasteiger partial charge on any atom is -0.469 e. The van der Waals surface area contributed by atoms with Gasteiger partial charge in [-0.1, -0.05) is 18.2 Å². The number of esters is 1. The number of aromatic nitrogens is 1. The molecule has 0 amide bonds. The van der Waals surface area contributed by atoms with Gasteiger partial charge < -0.3 is 19.8 Å². The highest BCUT2D eigenvalue weighted by Gasteiger charge is 2.07. The fourth-order valence-corrected chi connectivity index (χ4v) is 2.20. The molecule has 7 nitrogen and oxygen atoms in total. The molecule has 0 atom stereocenters. The van der Waals surface area contributed by atoms with E-state index in [1.807, 2.05) is 30.3 Å². The third-order valence-corrected chi connectivity index (χ3v) is 3.56. The van der Waals surface area contributed by atoms with Crippen LogP contribution in [0.1, 0.15) is 25.0 Å². The smallest absolute Gasteiger partial charge is 0.305 e. The minimum atomic E-state index is -0.178. The Kier molecular flexibility index (Phi) is 10.4. The van der Waals surface area contributed by atoms with E-state index in [9.17, 15) is 4.79 Å². The zero-order chi connectivity index (χ0) is 17.9. The van der Waals surface area contributed by atoms with Crippen LogP contribution in [0.25, 0.3) is 11.5 Å². The Morgan fingerprint density at radius 2 is 2.00 bits per heavy atom. The van der Waals surface area contributed by atoms with Gasteiger partial charge in [0.05, 0.1) is 19.3 Å². The molecule has 26 heavy (non-hydrogen) atoms. The Hall–Kier alpha value is -2.10. The number of ether oxygens (including phenoxy) is 1. The summed E-state index contributed by atoms with van der Waals surface area (Å²) >= 11 is 0. The molecule has 2 N–H and O–H groups in total. The van der Waals surface area contributed by atoms with Crippen LogP contribution >= 0.6 is 24.0 Å². The molecule has 8 heteroatoms. The van der Waals surface area contributed by atoms with Gasteiger partial charge in [0, 0.05) is 25.6 Å². The lowest BCUT2D eigenvalue weighted by atomic mass is 10.2. The zero-order valence-corrected chi connectivity index (χ0v) is 17.4. The predicted octanol–water partition coefficient (Wildman–Crippen LogP) is 2.97. The second-order valence-electron chi connectivity index (χ2n) is 5.40. The number of unbranched alkanes of at least 4 members (excludes halogenated alkanes) is 1. The van der Waals surface area contributed by atoms with E-state index in [0.29, 0.717) is 24.8 Å². The number of rotatable bonds is 8. The number of methoxy groups -OCH3 is 1. The Labute approximate surface area is 170 Å². The highest BCUT2D eigenvalue weighted by atomic mass is 127. The normalized spacial score (nSPS) is 10.8. The molecule has 0 aliphatic carbocycles. The summed E-state index contributed by atoms with van der Waals surface area (Å²) in [7, 11) is 3.11. The monoisotopic (exact) mass is 472 g/mol. The van der Waals surface area contributed by atoms with E-state index < -0.39 is 0 Å². The summed E-state index contributed by atoms with van der Waals surface area (Å²) < 4.78 is 10.1. The number of hydrogen-bond acceptors (Lipinski definition) is 5. The van der Waals surface area contributed by atoms with Gasteiger partial charge in [-0.25, -0.2) is 4.98 Å². The number of nitrogens with one attached hydrogen (secondary N) is 2. The van der Waals surface area contributed by atoms with Gasteiger partial charge in [0.1, 0.15) is 6.26 Å². The molecule has 2 aromatic rings. The van der Waals surface area contributed by atoms with E-state index >= 15 is 0 Å². The third kappa shape index (κ3) is 7.42. The van der Waals surface area contributed by atoms with Crippen molar-refractivity contribution in [3.05, 3.63) is 42.3 Å². The number of benzene rings is 1. The summed E-state index contributed by atoms with van der Waals surface area (Å²) in [5.74, 6) is 1.10. The first kappa shape index (κ1) is 21.9. The largest absolute Gasteiger partial charge is 0.469 e. The Morgan fingerprint density at radius 3 is 2.69 bits per heavy atom. The molecule has 0 fully saturated rings. The van der Waals surface area contributed by atoms with E-state index in [1.165, 1.54) is 7.11 Å². The Morgan fingerprint density at radius 1 is 1.23 bits per heavy atom. The molecule has 0 unspecified atom stereocenters. The van der Waals surface area contributed by atoms with Crippen molar-refractivity contribution in [3.8, 4) is 11.5 Å². The molecule has 0 saturated carbocycles. The summed E-state index contributed by atoms with van der Waals surface area (Å²) in [6.45, 7) is 1.24. The highest BCUT2D eigenvalue weighted by molar-refractivity contribution is 14.0. The molecule has 0 radical (unpaired) electrons. The summed E-state index contributed by atoms with van der Waals surface area (Å²) in [6.07, 6.45) is 3.71. The molecule has 1 aromatic carbocycles. The molecular weight excluding hydrogens is 447 g/mol. The van der Waals surface area contributed by atoms with Gasteiger partial charge >= 0.3 is 5.97 Å². The quantitative estimate of drug-likeness (QED) is 0.202. The number of carbonyl (C=O) groups excluding carboxylic acids is 1. The Bertz CT molecular complexity index is 689. The van der Waals surface area contributed by atoms with Gasteiger partial charge in [0.25, 0.3) is 0 Å². The van der Waals surface area contributed by atoms with E-state index in [2.05, 4.69) is 25.3 Å². The standard InChI is InChI=1S/C18H24N4O3.HI/c1-19-18(20-11-7-6-10-16(23)24-2)21-12-15-13-25-17(22-15)14-8-4-3-5-9-14;/h3-5,8-9,13H,6-7,10-12H2,1-2H3,(H2,19,20,21);1H. The average Bonchev–Trinajstić information content (AvgIpc) is 3.13. The molecule has 1 aromatic heterocycles. The molecule has 0 saturated heterocycles. The second kappa shape index (κ2) is 12.3. The van der Waals surface area contributed by atoms with Crippen molar-refractivity contribution in [2.45, 2.75) is 25.8 Å². The van der Waals surface area contributed by atoms with Crippen LogP contribution in [0.5, 0.6) is 0 Å². The zero-order valence-electron chi connectivity index (χ0n) is 15.0. The van der Waals surface area contributed by atoms with Crippen molar-refractivity contribution in [2.75, 3.05) is 20.7 Å². The first-order valence-electron chi connectivity index (χ1n) is 8.24. The van der Waals surface area contributed by atoms with E-state index in [4.69, 9.17) is 4.42 Å². The van der Waals surface area contributed by atoms with Gasteiger partial charge in [-0.15, -0.1) is 24.0 Å². The molecule has 0 bridgehead atoms. The summed E-state index contributed by atoms with van der Waals surface area (Å²) in [6, 6.07) is 9.76. The van der Waals surface area contributed by atoms with Crippen LogP contribution in [-0.4, -0.2) is 37.6 Å². The topological polar surface area (TPSA) is 88.8 Å². The number of halogens is 1. The predicted molar refractivity (Wildman–Crippen MR) is 111 cm³/mol. The van der Waals surface area contributed by atoms with Crippen LogP contribution in [0.3, 0.4) is 0 Å². The van der Waals surface area contributed by atoms with E-state index in [0.717, 1.165) is 30.6 Å². The molecule has 0 aliphatic rings. The summed E-state index contributed by atoms with van der Waals surface area (Å²) in [4.78, 5) is 19.7. The number of guanidine groups is 1. The number of oxazole rings is 1. The Balaban J connectivity index is 0.00000338. The van der Waals surface area contributed by atoms with Crippen molar-refractivity contribution < 1.29 is 13.9 Å². The van der Waals surface area contributed by atoms with Crippen molar-refractivity contribution in [1.29, 1.82) is 0 Å². The van der Waals surface area contributed by atoms with Crippen molar-refractivity contribution in [1.82, 2.24) is 15.6 Å². The van der Waals surface area contributed by atoms with Crippen molar-refractivity contribution in [2.24, 2.45) is 4.99 Å². The van der Waals surface area contributed by atoms with Gasteiger partial charge in [0.15, 0.2) is 5.96 Å². The van der Waals surface area contributed by atoms with E-state index in [-0.39, 0.29) is 29.9 Å². The van der Waals surface area contributed by atoms with Crippen molar-refractivity contribution in [3.63, 3.8) is 0 Å². The maximum atomic E-state index is 11.0. The number of nitrogens with zero attached hydrogens (tertiary/aromatic N) is 2. The third-order valence-electron chi connectivity index (χ3n) is 3.56. The SMILES string of the molecule is CN=C(NCCCCC(=O)OC)NCc1coc(-c2ccccc2)n1.I. The molecule has 0 spiro atoms. The number of carbonyl (C=O) groups is 1. The number of aliphatic imine (C=N–C) groups is 1. The molecular formula is C18H25IN4O3. The minimum absolute atomic E-state index is 0. The first-order chi connectivity index (χ1) is 12.2. The molecule has 142 valence electrons. The van der Waals surface area contributed by atoms with E-state index in [1.54, 1.807) is 13.3 Å². The van der Waals surface area contributed by atoms with Crippen LogP contribution in [0.2, 0.25) is 0 Å². The van der Waals surface area contributed by atoms with Crippen molar-refractivity contribution >= 4 is 35.9 Å². The van der Waals surface area contributed by atoms with Gasteiger partial charge in [-0.05, 0) is 25.0 Å². The van der Waals surface area contributed by atoms with Gasteiger partial charge in [-0.2, -0.15) is 0 Å². The van der Waals surface area contributed by atoms with Crippen LogP contribution in [0.4, 0.5) is 0 Å². The van der Waals surface area contributed by atoms with Gasteiger partial charge in [0.2, 0.25) is 5.89 Å². The van der Waals surface area contributed by atoms with Gasteiger partial charge in [-0.3, -0.25) is 9.79 Å². The summed E-state index contributed by atoms with van der Waals surface area (Å²) in [5.41, 5.74) is 1.74. The molecule has 1 heterocycles. The summed E-state index contributed by atoms with van der Waals surface area (Å²) in [5, 5.41) is 6.38. The lowest BCUT2D eigenvalue weighted by molar-refractivity contribution is -0.140. The fraction of sp³-hybridized carbons (Fsp3) is 0.389. The lowest BCUT2D eigenvalue weighted by Gasteiger charge is -2.10. The van der Waals surface area contributed by atoms with Crippen LogP contribution < -0.4 is 10.6 Å². The molecule has 0 aliphatic heterocycles. The number of hydrogen-bond donors (Lipinski definition) is 2. The lowest BCUT2D eigenvalue weighted by Crippen LogP contribution is -2.37. The van der Waals surface area contributed by atoms with Crippen LogP contribution in [-0.2, 0) is 16.1 Å². The average molecular weight is 472 g/mol. The maximum absolute atomic E-state index is 11.0. The first-order valence-corrected chi connectivity index (χ1v) is 8.24. The molecule has 2 rings (SSSR count). The fourth-order valence-electron chi connectivity index (χ4n) is 2.20. The second-order valence-corrected chi connectivity index (χ2v) is 5.40. The van der Waals surface area contributed by atoms with Crippen LogP contribution in [0.15, 0.2) is 46.0 Å². The highest BCUT2D eigenvalue weighted by Crippen LogP contribution is 2.17. The maximum Gasteiger partial charge on any atom is 0.305 e.